The molecule has 0 aliphatic rings. The van der Waals surface area contributed by atoms with E-state index in [2.05, 4.69) is 80.7 Å². The molecule has 0 aliphatic carbocycles. The van der Waals surface area contributed by atoms with E-state index in [0.717, 1.165) is 36.4 Å². The summed E-state index contributed by atoms with van der Waals surface area (Å²) in [7, 11) is 0. The van der Waals surface area contributed by atoms with Gasteiger partial charge in [0.25, 0.3) is 0 Å². The van der Waals surface area contributed by atoms with Crippen LogP contribution in [0.5, 0.6) is 11.5 Å². The highest BCUT2D eigenvalue weighted by Crippen LogP contribution is 2.29. The van der Waals surface area contributed by atoms with Gasteiger partial charge in [0.05, 0.1) is 18.8 Å². The zero-order chi connectivity index (χ0) is 21.9. The van der Waals surface area contributed by atoms with Crippen LogP contribution in [-0.2, 0) is 6.42 Å². The topological polar surface area (TPSA) is 30.5 Å². The Morgan fingerprint density at radius 2 is 1.48 bits per heavy atom. The first-order valence-electron chi connectivity index (χ1n) is 11.4. The van der Waals surface area contributed by atoms with Crippen molar-refractivity contribution in [1.29, 1.82) is 0 Å². The maximum atomic E-state index is 6.27. The normalized spacial score (nSPS) is 12.7. The van der Waals surface area contributed by atoms with Gasteiger partial charge in [-0.25, -0.2) is 0 Å². The first kappa shape index (κ1) is 22.7. The number of benzene rings is 3. The predicted octanol–water partition coefficient (Wildman–Crippen LogP) is 7.09. The number of aryl methyl sites for hydroxylation is 1. The number of nitrogens with one attached hydrogen (secondary N) is 1. The predicted molar refractivity (Wildman–Crippen MR) is 130 cm³/mol. The van der Waals surface area contributed by atoms with E-state index in [0.29, 0.717) is 19.1 Å². The summed E-state index contributed by atoms with van der Waals surface area (Å²) in [5.74, 6) is 2.36. The summed E-state index contributed by atoms with van der Waals surface area (Å²) < 4.78 is 12.3. The number of hydrogen-bond donors (Lipinski definition) is 1. The van der Waals surface area contributed by atoms with Gasteiger partial charge < -0.3 is 14.8 Å². The molecule has 0 amide bonds. The van der Waals surface area contributed by atoms with Gasteiger partial charge in [-0.15, -0.1) is 0 Å². The van der Waals surface area contributed by atoms with Gasteiger partial charge in [0.15, 0.2) is 0 Å². The molecule has 1 N–H and O–H groups in total. The molecule has 0 bridgehead atoms. The van der Waals surface area contributed by atoms with Gasteiger partial charge in [-0.3, -0.25) is 0 Å². The van der Waals surface area contributed by atoms with Crippen LogP contribution in [0.15, 0.2) is 78.9 Å². The Morgan fingerprint density at radius 3 is 2.26 bits per heavy atom. The number of ether oxygens (including phenoxy) is 2. The molecule has 0 fully saturated rings. The summed E-state index contributed by atoms with van der Waals surface area (Å²) in [5, 5.41) is 3.50. The van der Waals surface area contributed by atoms with Crippen LogP contribution in [0, 0.1) is 0 Å². The van der Waals surface area contributed by atoms with Crippen LogP contribution in [0.1, 0.15) is 50.7 Å². The Hall–Kier alpha value is -2.94. The molecule has 3 rings (SSSR count). The van der Waals surface area contributed by atoms with E-state index in [1.807, 2.05) is 24.3 Å². The van der Waals surface area contributed by atoms with E-state index in [9.17, 15) is 0 Å². The molecule has 3 nitrogen and oxygen atoms in total. The lowest BCUT2D eigenvalue weighted by molar-refractivity contribution is 0.231. The van der Waals surface area contributed by atoms with E-state index in [-0.39, 0.29) is 6.10 Å². The number of rotatable bonds is 12. The smallest absolute Gasteiger partial charge is 0.142 e. The van der Waals surface area contributed by atoms with Crippen molar-refractivity contribution in [3.63, 3.8) is 0 Å². The summed E-state index contributed by atoms with van der Waals surface area (Å²) in [5.41, 5.74) is 3.63. The van der Waals surface area contributed by atoms with Crippen molar-refractivity contribution in [2.24, 2.45) is 0 Å². The van der Waals surface area contributed by atoms with Crippen molar-refractivity contribution in [2.75, 3.05) is 18.5 Å². The highest BCUT2D eigenvalue weighted by atomic mass is 16.5. The van der Waals surface area contributed by atoms with Crippen molar-refractivity contribution in [3.05, 3.63) is 90.0 Å². The van der Waals surface area contributed by atoms with E-state index < -0.39 is 0 Å². The largest absolute Gasteiger partial charge is 0.491 e. The zero-order valence-corrected chi connectivity index (χ0v) is 19.0. The molecule has 0 aromatic heterocycles. The van der Waals surface area contributed by atoms with Crippen molar-refractivity contribution < 1.29 is 9.47 Å². The lowest BCUT2D eigenvalue weighted by atomic mass is 9.98. The SMILES string of the molecule is CCC(C)c1ccccc1OC(C)CNc1ccccc1OCCCc1ccccc1. The fourth-order valence-electron chi connectivity index (χ4n) is 3.57. The minimum absolute atomic E-state index is 0.0383. The van der Waals surface area contributed by atoms with Crippen molar-refractivity contribution in [1.82, 2.24) is 0 Å². The van der Waals surface area contributed by atoms with Crippen LogP contribution in [0.2, 0.25) is 0 Å². The first-order valence-corrected chi connectivity index (χ1v) is 11.4. The lowest BCUT2D eigenvalue weighted by Gasteiger charge is -2.21. The molecule has 3 heteroatoms. The third kappa shape index (κ3) is 7.06. The molecule has 0 radical (unpaired) electrons. The van der Waals surface area contributed by atoms with Crippen molar-refractivity contribution >= 4 is 5.69 Å². The molecule has 3 aromatic carbocycles. The third-order valence-corrected chi connectivity index (χ3v) is 5.57. The molecular formula is C28H35NO2. The lowest BCUT2D eigenvalue weighted by Crippen LogP contribution is -2.23. The minimum atomic E-state index is 0.0383. The quantitative estimate of drug-likeness (QED) is 0.319. The van der Waals surface area contributed by atoms with Gasteiger partial charge >= 0.3 is 0 Å². The Morgan fingerprint density at radius 1 is 0.806 bits per heavy atom. The number of para-hydroxylation sites is 3. The third-order valence-electron chi connectivity index (χ3n) is 5.57. The van der Waals surface area contributed by atoms with Gasteiger partial charge in [-0.2, -0.15) is 0 Å². The molecule has 164 valence electrons. The Balaban J connectivity index is 1.50. The molecular weight excluding hydrogens is 382 g/mol. The highest BCUT2D eigenvalue weighted by molar-refractivity contribution is 5.56. The summed E-state index contributed by atoms with van der Waals surface area (Å²) in [6.07, 6.45) is 3.15. The molecule has 0 aliphatic heterocycles. The van der Waals surface area contributed by atoms with Crippen LogP contribution < -0.4 is 14.8 Å². The van der Waals surface area contributed by atoms with Gasteiger partial charge in [0, 0.05) is 0 Å². The Labute approximate surface area is 187 Å². The Kier molecular flexibility index (Phi) is 8.84. The molecule has 0 saturated heterocycles. The van der Waals surface area contributed by atoms with Gasteiger partial charge in [-0.05, 0) is 61.4 Å². The van der Waals surface area contributed by atoms with Gasteiger partial charge in [0.1, 0.15) is 17.6 Å². The Bertz CT molecular complexity index is 910. The maximum Gasteiger partial charge on any atom is 0.142 e. The van der Waals surface area contributed by atoms with Crippen LogP contribution in [0.3, 0.4) is 0 Å². The highest BCUT2D eigenvalue weighted by Gasteiger charge is 2.13. The molecule has 0 spiro atoms. The second kappa shape index (κ2) is 12.0. The monoisotopic (exact) mass is 417 g/mol. The second-order valence-electron chi connectivity index (χ2n) is 8.09. The standard InChI is InChI=1S/C28H35NO2/c1-4-22(2)25-16-8-10-18-27(25)31-23(3)21-29-26-17-9-11-19-28(26)30-20-12-15-24-13-6-5-7-14-24/h5-11,13-14,16-19,22-23,29H,4,12,15,20-21H2,1-3H3. The van der Waals surface area contributed by atoms with E-state index >= 15 is 0 Å². The number of anilines is 1. The van der Waals surface area contributed by atoms with Crippen molar-refractivity contribution in [3.8, 4) is 11.5 Å². The van der Waals surface area contributed by atoms with E-state index in [1.165, 1.54) is 11.1 Å². The van der Waals surface area contributed by atoms with E-state index in [1.54, 1.807) is 0 Å². The maximum absolute atomic E-state index is 6.27. The van der Waals surface area contributed by atoms with E-state index in [4.69, 9.17) is 9.47 Å². The number of hydrogen-bond acceptors (Lipinski definition) is 3. The molecule has 31 heavy (non-hydrogen) atoms. The summed E-state index contributed by atoms with van der Waals surface area (Å²) in [6, 6.07) is 27.0. The molecule has 0 saturated carbocycles. The van der Waals surface area contributed by atoms with Crippen LogP contribution in [0.4, 0.5) is 5.69 Å². The molecule has 0 heterocycles. The summed E-state index contributed by atoms with van der Waals surface area (Å²) in [4.78, 5) is 0. The summed E-state index contributed by atoms with van der Waals surface area (Å²) in [6.45, 7) is 7.96. The zero-order valence-electron chi connectivity index (χ0n) is 19.0. The molecule has 3 aromatic rings. The fourth-order valence-corrected chi connectivity index (χ4v) is 3.57. The van der Waals surface area contributed by atoms with Gasteiger partial charge in [-0.1, -0.05) is 74.5 Å². The second-order valence-corrected chi connectivity index (χ2v) is 8.09. The summed E-state index contributed by atoms with van der Waals surface area (Å²) >= 11 is 0. The van der Waals surface area contributed by atoms with Crippen LogP contribution in [0.25, 0.3) is 0 Å². The fraction of sp³-hybridized carbons (Fsp3) is 0.357. The average molecular weight is 418 g/mol. The van der Waals surface area contributed by atoms with Crippen molar-refractivity contribution in [2.45, 2.75) is 52.1 Å². The average Bonchev–Trinajstić information content (AvgIpc) is 2.81. The van der Waals surface area contributed by atoms with Crippen LogP contribution in [-0.4, -0.2) is 19.3 Å². The van der Waals surface area contributed by atoms with Crippen LogP contribution >= 0.6 is 0 Å². The first-order chi connectivity index (χ1) is 15.2. The molecule has 2 unspecified atom stereocenters. The van der Waals surface area contributed by atoms with Gasteiger partial charge in [0.2, 0.25) is 0 Å². The minimum Gasteiger partial charge on any atom is -0.491 e. The molecule has 2 atom stereocenters.